The second kappa shape index (κ2) is 6.49. The van der Waals surface area contributed by atoms with Crippen molar-refractivity contribution in [2.75, 3.05) is 11.9 Å². The Morgan fingerprint density at radius 2 is 1.96 bits per heavy atom. The molecule has 1 aliphatic heterocycles. The molecule has 0 saturated carbocycles. The second-order valence-corrected chi connectivity index (χ2v) is 6.24. The van der Waals surface area contributed by atoms with Crippen molar-refractivity contribution in [2.45, 2.75) is 25.9 Å². The fraction of sp³-hybridized carbons (Fsp3) is 0.333. The fourth-order valence-electron chi connectivity index (χ4n) is 3.14. The quantitative estimate of drug-likeness (QED) is 0.894. The van der Waals surface area contributed by atoms with Gasteiger partial charge in [0.15, 0.2) is 0 Å². The summed E-state index contributed by atoms with van der Waals surface area (Å²) in [4.78, 5) is 26.0. The normalized spacial score (nSPS) is 15.6. The van der Waals surface area contributed by atoms with Crippen molar-refractivity contribution in [3.63, 3.8) is 0 Å². The first-order chi connectivity index (χ1) is 11.5. The number of benzene rings is 1. The van der Waals surface area contributed by atoms with Crippen LogP contribution in [0.15, 0.2) is 36.5 Å². The lowest BCUT2D eigenvalue weighted by Crippen LogP contribution is -2.44. The van der Waals surface area contributed by atoms with Gasteiger partial charge in [0.1, 0.15) is 5.69 Å². The van der Waals surface area contributed by atoms with Gasteiger partial charge in [-0.25, -0.2) is 0 Å². The molecule has 0 radical (unpaired) electrons. The molecule has 24 heavy (non-hydrogen) atoms. The number of nitrogens with zero attached hydrogens (tertiary/aromatic N) is 2. The summed E-state index contributed by atoms with van der Waals surface area (Å²) < 4.78 is 1.61. The van der Waals surface area contributed by atoms with Crippen molar-refractivity contribution in [1.82, 2.24) is 9.47 Å². The van der Waals surface area contributed by atoms with Crippen molar-refractivity contribution in [3.05, 3.63) is 53.3 Å². The number of carbonyl (C=O) groups is 2. The van der Waals surface area contributed by atoms with Crippen molar-refractivity contribution in [2.24, 2.45) is 12.8 Å². The Bertz CT molecular complexity index is 781. The lowest BCUT2D eigenvalue weighted by molar-refractivity contribution is -0.121. The Hall–Kier alpha value is -2.60. The molecule has 1 aromatic carbocycles. The zero-order valence-corrected chi connectivity index (χ0v) is 14.0. The summed E-state index contributed by atoms with van der Waals surface area (Å²) >= 11 is 0. The molecule has 1 aromatic heterocycles. The first kappa shape index (κ1) is 16.3. The smallest absolute Gasteiger partial charge is 0.265 e. The first-order valence-electron chi connectivity index (χ1n) is 8.03. The molecule has 0 saturated heterocycles. The van der Waals surface area contributed by atoms with Crippen LogP contribution in [-0.2, 0) is 24.8 Å². The number of nitrogens with one attached hydrogen (secondary N) is 1. The van der Waals surface area contributed by atoms with Crippen LogP contribution in [0.3, 0.4) is 0 Å². The van der Waals surface area contributed by atoms with E-state index < -0.39 is 5.91 Å². The van der Waals surface area contributed by atoms with E-state index in [0.717, 1.165) is 19.5 Å². The molecule has 3 N–H and O–H groups in total. The molecule has 126 valence electrons. The molecule has 0 bridgehead atoms. The number of carbonyl (C=O) groups excluding carboxylic acids is 2. The Labute approximate surface area is 141 Å². The number of anilines is 1. The molecule has 0 fully saturated rings. The molecule has 1 atom stereocenters. The summed E-state index contributed by atoms with van der Waals surface area (Å²) in [6.45, 7) is 3.53. The van der Waals surface area contributed by atoms with Crippen molar-refractivity contribution in [1.29, 1.82) is 0 Å². The molecule has 2 amide bonds. The topological polar surface area (TPSA) is 80.4 Å². The highest BCUT2D eigenvalue weighted by Gasteiger charge is 2.25. The van der Waals surface area contributed by atoms with Crippen molar-refractivity contribution < 1.29 is 9.59 Å². The SMILES string of the molecule is CC(C(=O)Nc1cc(C(N)=O)n(C)c1)N1CCc2ccccc2C1. The second-order valence-electron chi connectivity index (χ2n) is 6.24. The molecule has 1 unspecified atom stereocenters. The summed E-state index contributed by atoms with van der Waals surface area (Å²) in [5.41, 5.74) is 8.88. The van der Waals surface area contributed by atoms with Gasteiger partial charge in [-0.2, -0.15) is 0 Å². The number of primary amides is 1. The highest BCUT2D eigenvalue weighted by atomic mass is 16.2. The molecular weight excluding hydrogens is 304 g/mol. The summed E-state index contributed by atoms with van der Waals surface area (Å²) in [5, 5.41) is 2.87. The predicted molar refractivity (Wildman–Crippen MR) is 92.6 cm³/mol. The number of amides is 2. The van der Waals surface area contributed by atoms with E-state index in [1.165, 1.54) is 11.1 Å². The molecule has 0 spiro atoms. The number of aryl methyl sites for hydroxylation is 1. The van der Waals surface area contributed by atoms with Gasteiger partial charge in [-0.15, -0.1) is 0 Å². The van der Waals surface area contributed by atoms with Gasteiger partial charge in [0.05, 0.1) is 11.7 Å². The van der Waals surface area contributed by atoms with Crippen LogP contribution in [0.5, 0.6) is 0 Å². The Kier molecular flexibility index (Phi) is 4.40. The molecule has 3 rings (SSSR count). The van der Waals surface area contributed by atoms with Crippen molar-refractivity contribution in [3.8, 4) is 0 Å². The van der Waals surface area contributed by atoms with Gasteiger partial charge in [-0.05, 0) is 30.5 Å². The van der Waals surface area contributed by atoms with Crippen LogP contribution < -0.4 is 11.1 Å². The molecule has 0 aliphatic carbocycles. The molecule has 6 heteroatoms. The van der Waals surface area contributed by atoms with Gasteiger partial charge in [-0.1, -0.05) is 24.3 Å². The number of nitrogens with two attached hydrogens (primary N) is 1. The molecular formula is C18H22N4O2. The first-order valence-corrected chi connectivity index (χ1v) is 8.03. The number of hydrogen-bond donors (Lipinski definition) is 2. The van der Waals surface area contributed by atoms with Gasteiger partial charge in [0.2, 0.25) is 5.91 Å². The van der Waals surface area contributed by atoms with Crippen molar-refractivity contribution >= 4 is 17.5 Å². The van der Waals surface area contributed by atoms with Crippen LogP contribution in [0.2, 0.25) is 0 Å². The number of fused-ring (bicyclic) bond motifs is 1. The third kappa shape index (κ3) is 3.19. The molecule has 2 heterocycles. The van der Waals surface area contributed by atoms with E-state index in [1.807, 2.05) is 13.0 Å². The van der Waals surface area contributed by atoms with Gasteiger partial charge in [0, 0.05) is 26.3 Å². The van der Waals surface area contributed by atoms with Crippen LogP contribution in [0.1, 0.15) is 28.5 Å². The maximum absolute atomic E-state index is 12.5. The lowest BCUT2D eigenvalue weighted by Gasteiger charge is -2.32. The highest BCUT2D eigenvalue weighted by Crippen LogP contribution is 2.21. The molecule has 2 aromatic rings. The summed E-state index contributed by atoms with van der Waals surface area (Å²) in [6.07, 6.45) is 2.64. The van der Waals surface area contributed by atoms with Gasteiger partial charge >= 0.3 is 0 Å². The standard InChI is InChI=1S/C18H22N4O2/c1-12(22-8-7-13-5-3-4-6-14(13)10-22)18(24)20-15-9-16(17(19)23)21(2)11-15/h3-6,9,11-12H,7-8,10H2,1-2H3,(H2,19,23)(H,20,24). The summed E-state index contributed by atoms with van der Waals surface area (Å²) in [6, 6.07) is 9.68. The van der Waals surface area contributed by atoms with Crippen LogP contribution in [0.25, 0.3) is 0 Å². The van der Waals surface area contributed by atoms with E-state index >= 15 is 0 Å². The maximum Gasteiger partial charge on any atom is 0.265 e. The minimum atomic E-state index is -0.515. The minimum absolute atomic E-state index is 0.0870. The van der Waals surface area contributed by atoms with Crippen LogP contribution in [0, 0.1) is 0 Å². The van der Waals surface area contributed by atoms with Crippen LogP contribution >= 0.6 is 0 Å². The molecule has 1 aliphatic rings. The average Bonchev–Trinajstić information content (AvgIpc) is 2.94. The summed E-state index contributed by atoms with van der Waals surface area (Å²) in [7, 11) is 1.72. The average molecular weight is 326 g/mol. The van der Waals surface area contributed by atoms with E-state index in [0.29, 0.717) is 11.4 Å². The van der Waals surface area contributed by atoms with Gasteiger partial charge < -0.3 is 15.6 Å². The Morgan fingerprint density at radius 1 is 1.25 bits per heavy atom. The maximum atomic E-state index is 12.5. The largest absolute Gasteiger partial charge is 0.364 e. The fourth-order valence-corrected chi connectivity index (χ4v) is 3.14. The van der Waals surface area contributed by atoms with Crippen LogP contribution in [0.4, 0.5) is 5.69 Å². The van der Waals surface area contributed by atoms with Gasteiger partial charge in [-0.3, -0.25) is 14.5 Å². The summed E-state index contributed by atoms with van der Waals surface area (Å²) in [5.74, 6) is -0.602. The van der Waals surface area contributed by atoms with E-state index in [1.54, 1.807) is 23.9 Å². The van der Waals surface area contributed by atoms with Crippen LogP contribution in [-0.4, -0.2) is 33.9 Å². The molecule has 6 nitrogen and oxygen atoms in total. The third-order valence-corrected chi connectivity index (χ3v) is 4.61. The number of rotatable bonds is 4. The third-order valence-electron chi connectivity index (χ3n) is 4.61. The Morgan fingerprint density at radius 3 is 2.62 bits per heavy atom. The highest BCUT2D eigenvalue weighted by molar-refractivity contribution is 5.97. The zero-order chi connectivity index (χ0) is 17.3. The number of aromatic nitrogens is 1. The monoisotopic (exact) mass is 326 g/mol. The lowest BCUT2D eigenvalue weighted by atomic mass is 9.99. The predicted octanol–water partition coefficient (Wildman–Crippen LogP) is 1.51. The minimum Gasteiger partial charge on any atom is -0.364 e. The zero-order valence-electron chi connectivity index (χ0n) is 14.0. The van der Waals surface area contributed by atoms with E-state index in [-0.39, 0.29) is 11.9 Å². The van der Waals surface area contributed by atoms with Gasteiger partial charge in [0.25, 0.3) is 5.91 Å². The number of hydrogen-bond acceptors (Lipinski definition) is 3. The van der Waals surface area contributed by atoms with E-state index in [2.05, 4.69) is 28.4 Å². The van der Waals surface area contributed by atoms with E-state index in [9.17, 15) is 9.59 Å². The van der Waals surface area contributed by atoms with E-state index in [4.69, 9.17) is 5.73 Å². The Balaban J connectivity index is 1.67.